The summed E-state index contributed by atoms with van der Waals surface area (Å²) in [7, 11) is 0. The Kier molecular flexibility index (Phi) is 3.30. The molecule has 1 aromatic heterocycles. The first-order valence-corrected chi connectivity index (χ1v) is 6.26. The average Bonchev–Trinajstić information content (AvgIpc) is 2.66. The van der Waals surface area contributed by atoms with Crippen LogP contribution < -0.4 is 5.73 Å². The zero-order valence-corrected chi connectivity index (χ0v) is 10.5. The topological polar surface area (TPSA) is 89.1 Å². The fraction of sp³-hybridized carbons (Fsp3) is 0.100. The molecule has 0 amide bonds. The molecule has 0 aliphatic rings. The molecule has 0 spiro atoms. The molecule has 17 heavy (non-hydrogen) atoms. The van der Waals surface area contributed by atoms with Crippen LogP contribution in [-0.2, 0) is 0 Å². The van der Waals surface area contributed by atoms with Crippen molar-refractivity contribution in [2.45, 2.75) is 16.2 Å². The van der Waals surface area contributed by atoms with E-state index in [4.69, 9.17) is 10.8 Å². The van der Waals surface area contributed by atoms with E-state index in [2.05, 4.69) is 9.36 Å². The average molecular weight is 267 g/mol. The molecule has 1 aromatic carbocycles. The number of aromatic carboxylic acids is 1. The van der Waals surface area contributed by atoms with Crippen LogP contribution in [0.15, 0.2) is 27.4 Å². The number of anilines is 1. The van der Waals surface area contributed by atoms with E-state index in [9.17, 15) is 4.79 Å². The summed E-state index contributed by atoms with van der Waals surface area (Å²) in [6.45, 7) is 1.81. The molecule has 0 unspecified atom stereocenters. The molecular weight excluding hydrogens is 258 g/mol. The summed E-state index contributed by atoms with van der Waals surface area (Å²) < 4.78 is 4.84. The van der Waals surface area contributed by atoms with Crippen LogP contribution in [-0.4, -0.2) is 20.4 Å². The summed E-state index contributed by atoms with van der Waals surface area (Å²) >= 11 is 2.66. The maximum Gasteiger partial charge on any atom is 0.337 e. The van der Waals surface area contributed by atoms with Crippen molar-refractivity contribution in [1.82, 2.24) is 9.36 Å². The Balaban J connectivity index is 2.28. The lowest BCUT2D eigenvalue weighted by atomic mass is 10.2. The molecule has 0 aliphatic heterocycles. The quantitative estimate of drug-likeness (QED) is 0.829. The minimum atomic E-state index is -1.03. The van der Waals surface area contributed by atoms with Crippen LogP contribution >= 0.6 is 23.3 Å². The van der Waals surface area contributed by atoms with Gasteiger partial charge in [0, 0.05) is 10.6 Å². The largest absolute Gasteiger partial charge is 0.478 e. The first-order valence-electron chi connectivity index (χ1n) is 4.67. The highest BCUT2D eigenvalue weighted by atomic mass is 32.2. The molecule has 0 bridgehead atoms. The van der Waals surface area contributed by atoms with Gasteiger partial charge < -0.3 is 10.8 Å². The predicted octanol–water partition coefficient (Wildman–Crippen LogP) is 2.28. The van der Waals surface area contributed by atoms with E-state index in [1.165, 1.54) is 23.3 Å². The molecule has 2 aromatic rings. The summed E-state index contributed by atoms with van der Waals surface area (Å²) in [5, 5.41) is 8.95. The minimum absolute atomic E-state index is 0.108. The number of rotatable bonds is 3. The second kappa shape index (κ2) is 4.72. The van der Waals surface area contributed by atoms with E-state index in [-0.39, 0.29) is 11.3 Å². The van der Waals surface area contributed by atoms with E-state index >= 15 is 0 Å². The standard InChI is InChI=1S/C10H9N3O2S2/c1-5-12-10(17-13-5)16-6-2-3-8(11)7(4-6)9(14)15/h2-4H,11H2,1H3,(H,14,15). The van der Waals surface area contributed by atoms with Crippen molar-refractivity contribution >= 4 is 35.0 Å². The summed E-state index contributed by atoms with van der Waals surface area (Å²) in [6.07, 6.45) is 0. The summed E-state index contributed by atoms with van der Waals surface area (Å²) in [5.41, 5.74) is 5.94. The highest BCUT2D eigenvalue weighted by molar-refractivity contribution is 8.01. The number of hydrogen-bond acceptors (Lipinski definition) is 6. The Hall–Kier alpha value is -1.60. The van der Waals surface area contributed by atoms with Gasteiger partial charge >= 0.3 is 5.97 Å². The monoisotopic (exact) mass is 267 g/mol. The van der Waals surface area contributed by atoms with Gasteiger partial charge in [0.2, 0.25) is 0 Å². The third-order valence-electron chi connectivity index (χ3n) is 1.97. The molecule has 0 saturated carbocycles. The summed E-state index contributed by atoms with van der Waals surface area (Å²) in [5.74, 6) is -0.315. The Bertz CT molecular complexity index is 568. The molecule has 5 nitrogen and oxygen atoms in total. The first kappa shape index (κ1) is 11.9. The van der Waals surface area contributed by atoms with Crippen LogP contribution in [0.2, 0.25) is 0 Å². The number of carboxylic acid groups (broad SMARTS) is 1. The molecule has 3 N–H and O–H groups in total. The molecule has 7 heteroatoms. The number of nitrogens with two attached hydrogens (primary N) is 1. The fourth-order valence-corrected chi connectivity index (χ4v) is 2.87. The number of aromatic nitrogens is 2. The Labute approximate surface area is 106 Å². The minimum Gasteiger partial charge on any atom is -0.478 e. The number of hydrogen-bond donors (Lipinski definition) is 2. The van der Waals surface area contributed by atoms with Crippen LogP contribution in [0.3, 0.4) is 0 Å². The van der Waals surface area contributed by atoms with Gasteiger partial charge in [-0.2, -0.15) is 4.37 Å². The number of benzene rings is 1. The van der Waals surface area contributed by atoms with Crippen molar-refractivity contribution in [3.05, 3.63) is 29.6 Å². The molecule has 88 valence electrons. The van der Waals surface area contributed by atoms with E-state index in [1.807, 2.05) is 6.92 Å². The van der Waals surface area contributed by atoms with Gasteiger partial charge in [0.05, 0.1) is 5.56 Å². The van der Waals surface area contributed by atoms with E-state index in [0.29, 0.717) is 5.82 Å². The van der Waals surface area contributed by atoms with Gasteiger partial charge in [-0.3, -0.25) is 0 Å². The van der Waals surface area contributed by atoms with Crippen molar-refractivity contribution in [2.24, 2.45) is 0 Å². The third-order valence-corrected chi connectivity index (χ3v) is 3.80. The van der Waals surface area contributed by atoms with Crippen LogP contribution in [0.1, 0.15) is 16.2 Å². The zero-order valence-electron chi connectivity index (χ0n) is 8.88. The van der Waals surface area contributed by atoms with Crippen molar-refractivity contribution in [1.29, 1.82) is 0 Å². The molecule has 2 rings (SSSR count). The number of nitrogens with zero attached hydrogens (tertiary/aromatic N) is 2. The SMILES string of the molecule is Cc1nsc(Sc2ccc(N)c(C(=O)O)c2)n1. The third kappa shape index (κ3) is 2.75. The van der Waals surface area contributed by atoms with Gasteiger partial charge in [0.15, 0.2) is 4.34 Å². The Morgan fingerprint density at radius 3 is 2.88 bits per heavy atom. The summed E-state index contributed by atoms with van der Waals surface area (Å²) in [6, 6.07) is 4.89. The normalized spacial score (nSPS) is 10.4. The second-order valence-electron chi connectivity index (χ2n) is 3.26. The van der Waals surface area contributed by atoms with E-state index in [0.717, 1.165) is 9.24 Å². The fourth-order valence-electron chi connectivity index (χ4n) is 1.20. The first-order chi connectivity index (χ1) is 8.06. The van der Waals surface area contributed by atoms with Gasteiger partial charge in [-0.25, -0.2) is 9.78 Å². The lowest BCUT2D eigenvalue weighted by Gasteiger charge is -2.03. The van der Waals surface area contributed by atoms with Crippen molar-refractivity contribution in [3.8, 4) is 0 Å². The number of nitrogen functional groups attached to an aromatic ring is 1. The smallest absolute Gasteiger partial charge is 0.337 e. The van der Waals surface area contributed by atoms with Crippen LogP contribution in [0, 0.1) is 6.92 Å². The number of carboxylic acids is 1. The van der Waals surface area contributed by atoms with Gasteiger partial charge in [-0.1, -0.05) is 11.8 Å². The van der Waals surface area contributed by atoms with Crippen LogP contribution in [0.5, 0.6) is 0 Å². The molecule has 0 aliphatic carbocycles. The predicted molar refractivity (Wildman–Crippen MR) is 66.6 cm³/mol. The molecule has 0 radical (unpaired) electrons. The van der Waals surface area contributed by atoms with Gasteiger partial charge in [0.1, 0.15) is 5.82 Å². The molecule has 0 saturated heterocycles. The maximum atomic E-state index is 10.9. The Morgan fingerprint density at radius 2 is 2.29 bits per heavy atom. The van der Waals surface area contributed by atoms with Crippen LogP contribution in [0.25, 0.3) is 0 Å². The highest BCUT2D eigenvalue weighted by Gasteiger charge is 2.10. The van der Waals surface area contributed by atoms with E-state index in [1.54, 1.807) is 18.2 Å². The Morgan fingerprint density at radius 1 is 1.53 bits per heavy atom. The maximum absolute atomic E-state index is 10.9. The van der Waals surface area contributed by atoms with Crippen molar-refractivity contribution in [2.75, 3.05) is 5.73 Å². The summed E-state index contributed by atoms with van der Waals surface area (Å²) in [4.78, 5) is 15.9. The van der Waals surface area contributed by atoms with Crippen LogP contribution in [0.4, 0.5) is 5.69 Å². The lowest BCUT2D eigenvalue weighted by Crippen LogP contribution is -2.01. The van der Waals surface area contributed by atoms with Gasteiger partial charge in [-0.15, -0.1) is 0 Å². The number of aryl methyl sites for hydroxylation is 1. The van der Waals surface area contributed by atoms with Crippen molar-refractivity contribution < 1.29 is 9.90 Å². The molecule has 1 heterocycles. The molecule has 0 atom stereocenters. The molecular formula is C10H9N3O2S2. The number of carbonyl (C=O) groups is 1. The van der Waals surface area contributed by atoms with E-state index < -0.39 is 5.97 Å². The lowest BCUT2D eigenvalue weighted by molar-refractivity contribution is 0.0698. The van der Waals surface area contributed by atoms with Crippen molar-refractivity contribution in [3.63, 3.8) is 0 Å². The van der Waals surface area contributed by atoms with Gasteiger partial charge in [-0.05, 0) is 36.7 Å². The molecule has 0 fully saturated rings. The second-order valence-corrected chi connectivity index (χ2v) is 5.34. The zero-order chi connectivity index (χ0) is 12.4. The highest BCUT2D eigenvalue weighted by Crippen LogP contribution is 2.30. The van der Waals surface area contributed by atoms with Gasteiger partial charge in [0.25, 0.3) is 0 Å².